The zero-order valence-corrected chi connectivity index (χ0v) is 11.3. The van der Waals surface area contributed by atoms with Crippen LogP contribution in [0.5, 0.6) is 0 Å². The van der Waals surface area contributed by atoms with E-state index in [9.17, 15) is 4.79 Å². The van der Waals surface area contributed by atoms with Crippen LogP contribution < -0.4 is 16.6 Å². The Hall–Kier alpha value is -1.73. The minimum Gasteiger partial charge on any atom is -0.349 e. The predicted molar refractivity (Wildman–Crippen MR) is 72.6 cm³/mol. The van der Waals surface area contributed by atoms with Crippen molar-refractivity contribution in [3.63, 3.8) is 0 Å². The normalized spacial score (nSPS) is 14.5. The van der Waals surface area contributed by atoms with Crippen molar-refractivity contribution in [2.24, 2.45) is 5.84 Å². The third kappa shape index (κ3) is 3.87. The number of hydrogen-bond acceptors (Lipinski definition) is 6. The Morgan fingerprint density at radius 3 is 2.89 bits per heavy atom. The van der Waals surface area contributed by atoms with E-state index in [2.05, 4.69) is 32.7 Å². The largest absolute Gasteiger partial charge is 0.349 e. The number of amides is 1. The molecule has 0 saturated heterocycles. The zero-order valence-electron chi connectivity index (χ0n) is 11.3. The Kier molecular flexibility index (Phi) is 4.28. The van der Waals surface area contributed by atoms with E-state index in [-0.39, 0.29) is 11.9 Å². The van der Waals surface area contributed by atoms with E-state index in [4.69, 9.17) is 5.84 Å². The highest BCUT2D eigenvalue weighted by Crippen LogP contribution is 2.24. The van der Waals surface area contributed by atoms with Crippen molar-refractivity contribution < 1.29 is 4.79 Å². The molecular weight excluding hydrogens is 244 g/mol. The molecule has 1 aliphatic carbocycles. The molecule has 1 aromatic rings. The fourth-order valence-corrected chi connectivity index (χ4v) is 1.88. The molecule has 7 heteroatoms. The number of rotatable bonds is 6. The van der Waals surface area contributed by atoms with Crippen LogP contribution in [0.4, 0.5) is 5.95 Å². The highest BCUT2D eigenvalue weighted by Gasteiger charge is 2.25. The van der Waals surface area contributed by atoms with E-state index in [0.717, 1.165) is 6.54 Å². The highest BCUT2D eigenvalue weighted by molar-refractivity contribution is 5.92. The smallest absolute Gasteiger partial charge is 0.270 e. The number of nitrogens with two attached hydrogens (primary N) is 1. The zero-order chi connectivity index (χ0) is 13.8. The fourth-order valence-electron chi connectivity index (χ4n) is 1.88. The summed E-state index contributed by atoms with van der Waals surface area (Å²) in [6, 6.07) is 2.34. The van der Waals surface area contributed by atoms with Crippen LogP contribution in [0.15, 0.2) is 6.07 Å². The molecule has 2 rings (SSSR count). The van der Waals surface area contributed by atoms with Gasteiger partial charge >= 0.3 is 0 Å². The summed E-state index contributed by atoms with van der Waals surface area (Å²) < 4.78 is 0. The molecular formula is C12H20N6O. The number of carbonyl (C=O) groups is 1. The number of anilines is 1. The number of nitrogen functional groups attached to an aromatic ring is 1. The summed E-state index contributed by atoms with van der Waals surface area (Å²) in [4.78, 5) is 22.3. The average Bonchev–Trinajstić information content (AvgIpc) is 3.21. The maximum atomic E-state index is 11.9. The van der Waals surface area contributed by atoms with Crippen molar-refractivity contribution in [1.82, 2.24) is 20.2 Å². The first-order valence-electron chi connectivity index (χ1n) is 6.41. The number of nitrogens with zero attached hydrogens (tertiary/aromatic N) is 3. The molecule has 19 heavy (non-hydrogen) atoms. The minimum absolute atomic E-state index is 0.203. The molecule has 0 radical (unpaired) electrons. The van der Waals surface area contributed by atoms with Crippen LogP contribution in [0.2, 0.25) is 0 Å². The molecule has 1 amide bonds. The standard InChI is InChI=1S/C12H20N6O/c1-8-7-10(16-12(15-8)17-13)11(19)14-5-6-18(2)9-3-4-9/h7,9H,3-6,13H2,1-2H3,(H,14,19)(H,15,16,17). The molecule has 0 bridgehead atoms. The molecule has 1 heterocycles. The van der Waals surface area contributed by atoms with Gasteiger partial charge in [-0.3, -0.25) is 10.2 Å². The Balaban J connectivity index is 1.86. The van der Waals surface area contributed by atoms with Crippen molar-refractivity contribution in [2.45, 2.75) is 25.8 Å². The number of likely N-dealkylation sites (N-methyl/N-ethyl adjacent to an activating group) is 1. The van der Waals surface area contributed by atoms with Crippen molar-refractivity contribution >= 4 is 11.9 Å². The van der Waals surface area contributed by atoms with E-state index >= 15 is 0 Å². The monoisotopic (exact) mass is 264 g/mol. The van der Waals surface area contributed by atoms with Crippen LogP contribution in [0.1, 0.15) is 29.0 Å². The Bertz CT molecular complexity index is 460. The van der Waals surface area contributed by atoms with Gasteiger partial charge in [-0.15, -0.1) is 0 Å². The Morgan fingerprint density at radius 1 is 1.53 bits per heavy atom. The molecule has 1 fully saturated rings. The maximum Gasteiger partial charge on any atom is 0.270 e. The number of aryl methyl sites for hydroxylation is 1. The van der Waals surface area contributed by atoms with E-state index < -0.39 is 0 Å². The van der Waals surface area contributed by atoms with Crippen molar-refractivity contribution in [3.05, 3.63) is 17.5 Å². The SMILES string of the molecule is Cc1cc(C(=O)NCCN(C)C2CC2)nc(NN)n1. The van der Waals surface area contributed by atoms with Crippen LogP contribution in [0, 0.1) is 6.92 Å². The van der Waals surface area contributed by atoms with Gasteiger partial charge in [-0.2, -0.15) is 0 Å². The average molecular weight is 264 g/mol. The molecule has 104 valence electrons. The third-order valence-electron chi connectivity index (χ3n) is 3.14. The topological polar surface area (TPSA) is 96.2 Å². The molecule has 1 aromatic heterocycles. The molecule has 0 aliphatic heterocycles. The summed E-state index contributed by atoms with van der Waals surface area (Å²) >= 11 is 0. The molecule has 1 saturated carbocycles. The third-order valence-corrected chi connectivity index (χ3v) is 3.14. The number of nitrogens with one attached hydrogen (secondary N) is 2. The lowest BCUT2D eigenvalue weighted by Gasteiger charge is -2.15. The second kappa shape index (κ2) is 5.94. The summed E-state index contributed by atoms with van der Waals surface area (Å²) in [6.07, 6.45) is 2.53. The first kappa shape index (κ1) is 13.7. The Morgan fingerprint density at radius 2 is 2.26 bits per heavy atom. The van der Waals surface area contributed by atoms with Crippen LogP contribution >= 0.6 is 0 Å². The Labute approximate surface area is 112 Å². The molecule has 0 atom stereocenters. The van der Waals surface area contributed by atoms with Crippen molar-refractivity contribution in [1.29, 1.82) is 0 Å². The van der Waals surface area contributed by atoms with Crippen LogP contribution in [0.25, 0.3) is 0 Å². The van der Waals surface area contributed by atoms with E-state index in [1.54, 1.807) is 13.0 Å². The highest BCUT2D eigenvalue weighted by atomic mass is 16.1. The van der Waals surface area contributed by atoms with E-state index in [1.165, 1.54) is 12.8 Å². The molecule has 0 unspecified atom stereocenters. The quantitative estimate of drug-likeness (QED) is 0.490. The minimum atomic E-state index is -0.203. The molecule has 0 spiro atoms. The van der Waals surface area contributed by atoms with Gasteiger partial charge in [-0.1, -0.05) is 0 Å². The van der Waals surface area contributed by atoms with E-state index in [0.29, 0.717) is 24.0 Å². The van der Waals surface area contributed by atoms with Gasteiger partial charge in [0.2, 0.25) is 5.95 Å². The van der Waals surface area contributed by atoms with Gasteiger partial charge in [-0.25, -0.2) is 15.8 Å². The summed E-state index contributed by atoms with van der Waals surface area (Å²) in [7, 11) is 2.08. The number of hydrazine groups is 1. The van der Waals surface area contributed by atoms with Gasteiger partial charge in [0.1, 0.15) is 5.69 Å². The van der Waals surface area contributed by atoms with Gasteiger partial charge in [0.05, 0.1) is 0 Å². The lowest BCUT2D eigenvalue weighted by molar-refractivity contribution is 0.0944. The van der Waals surface area contributed by atoms with Gasteiger partial charge in [0.25, 0.3) is 5.91 Å². The van der Waals surface area contributed by atoms with E-state index in [1.807, 2.05) is 0 Å². The fraction of sp³-hybridized carbons (Fsp3) is 0.583. The second-order valence-electron chi connectivity index (χ2n) is 4.83. The number of aromatic nitrogens is 2. The second-order valence-corrected chi connectivity index (χ2v) is 4.83. The molecule has 7 nitrogen and oxygen atoms in total. The first-order chi connectivity index (χ1) is 9.10. The summed E-state index contributed by atoms with van der Waals surface area (Å²) in [5.74, 6) is 5.30. The maximum absolute atomic E-state index is 11.9. The first-order valence-corrected chi connectivity index (χ1v) is 6.41. The lowest BCUT2D eigenvalue weighted by Crippen LogP contribution is -2.34. The summed E-state index contributed by atoms with van der Waals surface area (Å²) in [5, 5.41) is 2.85. The predicted octanol–water partition coefficient (Wildman–Crippen LogP) is -0.105. The van der Waals surface area contributed by atoms with Crippen LogP contribution in [0.3, 0.4) is 0 Å². The van der Waals surface area contributed by atoms with Gasteiger partial charge < -0.3 is 10.2 Å². The van der Waals surface area contributed by atoms with Gasteiger partial charge in [0, 0.05) is 24.8 Å². The van der Waals surface area contributed by atoms with Crippen molar-refractivity contribution in [3.8, 4) is 0 Å². The van der Waals surface area contributed by atoms with Crippen LogP contribution in [-0.4, -0.2) is 47.0 Å². The van der Waals surface area contributed by atoms with Gasteiger partial charge in [-0.05, 0) is 32.9 Å². The summed E-state index contributed by atoms with van der Waals surface area (Å²) in [6.45, 7) is 3.25. The number of carbonyl (C=O) groups excluding carboxylic acids is 1. The lowest BCUT2D eigenvalue weighted by atomic mass is 10.3. The molecule has 1 aliphatic rings. The molecule has 0 aromatic carbocycles. The molecule has 4 N–H and O–H groups in total. The van der Waals surface area contributed by atoms with Gasteiger partial charge in [0.15, 0.2) is 0 Å². The summed E-state index contributed by atoms with van der Waals surface area (Å²) in [5.41, 5.74) is 3.38. The number of hydrogen-bond donors (Lipinski definition) is 3. The van der Waals surface area contributed by atoms with Crippen molar-refractivity contribution in [2.75, 3.05) is 25.6 Å². The van der Waals surface area contributed by atoms with Crippen LogP contribution in [-0.2, 0) is 0 Å².